The first kappa shape index (κ1) is 20.4. The summed E-state index contributed by atoms with van der Waals surface area (Å²) in [7, 11) is 3.85. The zero-order chi connectivity index (χ0) is 21.5. The van der Waals surface area contributed by atoms with Gasteiger partial charge >= 0.3 is 6.18 Å². The second-order valence-corrected chi connectivity index (χ2v) is 7.89. The number of hydrogen-bond donors (Lipinski definition) is 3. The maximum absolute atomic E-state index is 13.5. The van der Waals surface area contributed by atoms with E-state index in [9.17, 15) is 18.0 Å². The summed E-state index contributed by atoms with van der Waals surface area (Å²) in [5.74, 6) is -0.259. The zero-order valence-corrected chi connectivity index (χ0v) is 16.7. The molecule has 0 unspecified atom stereocenters. The number of hydrogen-bond acceptors (Lipinski definition) is 6. The second kappa shape index (κ2) is 7.75. The van der Waals surface area contributed by atoms with E-state index in [0.717, 1.165) is 36.7 Å². The standard InChI is InChI=1S/C20H23F3N6O/c1-29(2)16-5-3-4-15(16)27-18-13(20(21,22)23)10-24-19(28-18)25-12-6-7-14-11(8-12)9-17(30)26-14/h6-8,10,15-16H,3-5,9H2,1-2H3,(H,26,30)(H2,24,25,27,28)/t15-,16-/m1/s1. The van der Waals surface area contributed by atoms with Crippen LogP contribution in [0.3, 0.4) is 0 Å². The molecule has 10 heteroatoms. The van der Waals surface area contributed by atoms with Crippen LogP contribution in [0.25, 0.3) is 0 Å². The van der Waals surface area contributed by atoms with E-state index >= 15 is 0 Å². The average molecular weight is 420 g/mol. The smallest absolute Gasteiger partial charge is 0.365 e. The maximum atomic E-state index is 13.5. The number of fused-ring (bicyclic) bond motifs is 1. The number of benzene rings is 1. The number of halogens is 3. The molecule has 0 saturated heterocycles. The molecule has 0 radical (unpaired) electrons. The summed E-state index contributed by atoms with van der Waals surface area (Å²) < 4.78 is 40.6. The summed E-state index contributed by atoms with van der Waals surface area (Å²) in [6.45, 7) is 0. The molecule has 1 amide bonds. The van der Waals surface area contributed by atoms with Gasteiger partial charge in [0.05, 0.1) is 6.42 Å². The molecule has 1 fully saturated rings. The van der Waals surface area contributed by atoms with Gasteiger partial charge in [0, 0.05) is 29.7 Å². The van der Waals surface area contributed by atoms with E-state index in [1.807, 2.05) is 19.0 Å². The van der Waals surface area contributed by atoms with Gasteiger partial charge < -0.3 is 20.9 Å². The average Bonchev–Trinajstić information content (AvgIpc) is 3.26. The Morgan fingerprint density at radius 3 is 2.77 bits per heavy atom. The summed E-state index contributed by atoms with van der Waals surface area (Å²) >= 11 is 0. The van der Waals surface area contributed by atoms with E-state index in [0.29, 0.717) is 5.69 Å². The lowest BCUT2D eigenvalue weighted by molar-refractivity contribution is -0.137. The summed E-state index contributed by atoms with van der Waals surface area (Å²) in [5.41, 5.74) is 1.26. The number of anilines is 4. The van der Waals surface area contributed by atoms with Crippen molar-refractivity contribution in [1.82, 2.24) is 14.9 Å². The molecule has 1 aromatic carbocycles. The lowest BCUT2D eigenvalue weighted by Gasteiger charge is -2.28. The largest absolute Gasteiger partial charge is 0.421 e. The van der Waals surface area contributed by atoms with Crippen LogP contribution < -0.4 is 16.0 Å². The third-order valence-electron chi connectivity index (χ3n) is 5.55. The van der Waals surface area contributed by atoms with Crippen molar-refractivity contribution in [3.8, 4) is 0 Å². The van der Waals surface area contributed by atoms with Gasteiger partial charge in [-0.05, 0) is 57.1 Å². The fourth-order valence-corrected chi connectivity index (χ4v) is 4.10. The lowest BCUT2D eigenvalue weighted by atomic mass is 10.1. The number of amides is 1. The quantitative estimate of drug-likeness (QED) is 0.685. The van der Waals surface area contributed by atoms with E-state index in [1.54, 1.807) is 18.2 Å². The lowest BCUT2D eigenvalue weighted by Crippen LogP contribution is -2.39. The third-order valence-corrected chi connectivity index (χ3v) is 5.55. The molecule has 2 aromatic rings. The monoisotopic (exact) mass is 420 g/mol. The topological polar surface area (TPSA) is 82.2 Å². The molecular weight excluding hydrogens is 397 g/mol. The number of alkyl halides is 3. The van der Waals surface area contributed by atoms with Gasteiger partial charge in [0.15, 0.2) is 0 Å². The highest BCUT2D eigenvalue weighted by atomic mass is 19.4. The van der Waals surface area contributed by atoms with Crippen molar-refractivity contribution in [3.05, 3.63) is 35.5 Å². The van der Waals surface area contributed by atoms with Crippen molar-refractivity contribution < 1.29 is 18.0 Å². The molecule has 30 heavy (non-hydrogen) atoms. The van der Waals surface area contributed by atoms with Crippen molar-refractivity contribution >= 4 is 29.0 Å². The molecular formula is C20H23F3N6O. The Morgan fingerprint density at radius 1 is 1.23 bits per heavy atom. The van der Waals surface area contributed by atoms with Crippen LogP contribution in [0.15, 0.2) is 24.4 Å². The zero-order valence-electron chi connectivity index (χ0n) is 16.7. The summed E-state index contributed by atoms with van der Waals surface area (Å²) in [6, 6.07) is 5.24. The van der Waals surface area contributed by atoms with E-state index < -0.39 is 11.7 Å². The number of rotatable bonds is 5. The van der Waals surface area contributed by atoms with E-state index in [2.05, 4.69) is 25.9 Å². The molecule has 7 nitrogen and oxygen atoms in total. The van der Waals surface area contributed by atoms with Gasteiger partial charge in [-0.1, -0.05) is 0 Å². The van der Waals surface area contributed by atoms with Gasteiger partial charge in [-0.3, -0.25) is 4.79 Å². The Morgan fingerprint density at radius 2 is 2.03 bits per heavy atom. The minimum Gasteiger partial charge on any atom is -0.365 e. The van der Waals surface area contributed by atoms with Crippen LogP contribution in [0.4, 0.5) is 36.3 Å². The van der Waals surface area contributed by atoms with E-state index in [1.165, 1.54) is 0 Å². The van der Waals surface area contributed by atoms with Crippen LogP contribution in [0.1, 0.15) is 30.4 Å². The SMILES string of the molecule is CN(C)[C@@H]1CCC[C@H]1Nc1nc(Nc2ccc3c(c2)CC(=O)N3)ncc1C(F)(F)F. The molecule has 2 heterocycles. The van der Waals surface area contributed by atoms with E-state index in [4.69, 9.17) is 0 Å². The third kappa shape index (κ3) is 4.18. The summed E-state index contributed by atoms with van der Waals surface area (Å²) in [5, 5.41) is 8.70. The number of likely N-dealkylation sites (N-methyl/N-ethyl adjacent to an activating group) is 1. The molecule has 1 aliphatic heterocycles. The van der Waals surface area contributed by atoms with Crippen molar-refractivity contribution in [2.24, 2.45) is 0 Å². The van der Waals surface area contributed by atoms with Crippen molar-refractivity contribution in [2.45, 2.75) is 43.9 Å². The Hall–Kier alpha value is -2.88. The second-order valence-electron chi connectivity index (χ2n) is 7.89. The van der Waals surface area contributed by atoms with Crippen LogP contribution in [-0.2, 0) is 17.4 Å². The highest BCUT2D eigenvalue weighted by Crippen LogP contribution is 2.36. The number of nitrogens with zero attached hydrogens (tertiary/aromatic N) is 3. The maximum Gasteiger partial charge on any atom is 0.421 e. The Kier molecular flexibility index (Phi) is 5.27. The number of carbonyl (C=O) groups is 1. The number of carbonyl (C=O) groups excluding carboxylic acids is 1. The van der Waals surface area contributed by atoms with Crippen molar-refractivity contribution in [1.29, 1.82) is 0 Å². The first-order valence-corrected chi connectivity index (χ1v) is 9.78. The van der Waals surface area contributed by atoms with Crippen molar-refractivity contribution in [3.63, 3.8) is 0 Å². The van der Waals surface area contributed by atoms with Gasteiger partial charge in [-0.25, -0.2) is 4.98 Å². The van der Waals surface area contributed by atoms with Gasteiger partial charge in [-0.2, -0.15) is 18.2 Å². The van der Waals surface area contributed by atoms with E-state index in [-0.39, 0.29) is 36.2 Å². The molecule has 1 aromatic heterocycles. The predicted octanol–water partition coefficient (Wildman–Crippen LogP) is 3.63. The van der Waals surface area contributed by atoms with Gasteiger partial charge in [-0.15, -0.1) is 0 Å². The van der Waals surface area contributed by atoms with Gasteiger partial charge in [0.2, 0.25) is 11.9 Å². The summed E-state index contributed by atoms with van der Waals surface area (Å²) in [6.07, 6.45) is -0.857. The molecule has 3 N–H and O–H groups in total. The highest BCUT2D eigenvalue weighted by molar-refractivity contribution is 5.99. The van der Waals surface area contributed by atoms with Crippen LogP contribution in [-0.4, -0.2) is 47.0 Å². The molecule has 1 aliphatic carbocycles. The fourth-order valence-electron chi connectivity index (χ4n) is 4.10. The first-order valence-electron chi connectivity index (χ1n) is 9.78. The van der Waals surface area contributed by atoms with Gasteiger partial charge in [0.1, 0.15) is 11.4 Å². The first-order chi connectivity index (χ1) is 14.2. The normalized spacial score (nSPS) is 20.9. The molecule has 0 spiro atoms. The van der Waals surface area contributed by atoms with Crippen LogP contribution >= 0.6 is 0 Å². The predicted molar refractivity (Wildman–Crippen MR) is 108 cm³/mol. The van der Waals surface area contributed by atoms with Crippen LogP contribution in [0.5, 0.6) is 0 Å². The fraction of sp³-hybridized carbons (Fsp3) is 0.450. The van der Waals surface area contributed by atoms with Crippen LogP contribution in [0, 0.1) is 0 Å². The van der Waals surface area contributed by atoms with Crippen LogP contribution in [0.2, 0.25) is 0 Å². The number of aromatic nitrogens is 2. The minimum atomic E-state index is -4.56. The Bertz CT molecular complexity index is 962. The molecule has 2 atom stereocenters. The number of nitrogens with one attached hydrogen (secondary N) is 3. The van der Waals surface area contributed by atoms with Gasteiger partial charge in [0.25, 0.3) is 0 Å². The Labute approximate surface area is 172 Å². The molecule has 4 rings (SSSR count). The van der Waals surface area contributed by atoms with Crippen molar-refractivity contribution in [2.75, 3.05) is 30.0 Å². The Balaban J connectivity index is 1.60. The highest BCUT2D eigenvalue weighted by Gasteiger charge is 2.37. The molecule has 1 saturated carbocycles. The minimum absolute atomic E-state index is 0.0575. The summed E-state index contributed by atoms with van der Waals surface area (Å²) in [4.78, 5) is 21.5. The molecule has 2 aliphatic rings. The molecule has 0 bridgehead atoms. The molecule has 160 valence electrons.